The number of fused-ring (bicyclic) bond motifs is 1. The zero-order valence-corrected chi connectivity index (χ0v) is 10.5. The highest BCUT2D eigenvalue weighted by molar-refractivity contribution is 5.77. The van der Waals surface area contributed by atoms with Crippen molar-refractivity contribution in [2.75, 3.05) is 0 Å². The molecule has 0 radical (unpaired) electrons. The minimum atomic E-state index is -4.32. The van der Waals surface area contributed by atoms with Crippen molar-refractivity contribution in [2.45, 2.75) is 31.6 Å². The summed E-state index contributed by atoms with van der Waals surface area (Å²) in [5, 5.41) is 3.31. The molecule has 0 unspecified atom stereocenters. The number of aromatic nitrogens is 2. The molecule has 0 bridgehead atoms. The Kier molecular flexibility index (Phi) is 2.78. The van der Waals surface area contributed by atoms with E-state index in [0.717, 1.165) is 23.5 Å². The zero-order chi connectivity index (χ0) is 13.6. The standard InChI is InChI=1S/C13H14F3N3/c1-19-11-5-2-8(13(14,15)16)6-10(11)18-12(19)7-17-9-3-4-9/h2,5-6,9,17H,3-4,7H2,1H3. The first kappa shape index (κ1) is 12.5. The van der Waals surface area contributed by atoms with Gasteiger partial charge in [-0.1, -0.05) is 0 Å². The van der Waals surface area contributed by atoms with Crippen LogP contribution in [-0.4, -0.2) is 15.6 Å². The summed E-state index contributed by atoms with van der Waals surface area (Å²) >= 11 is 0. The number of hydrogen-bond acceptors (Lipinski definition) is 2. The number of aryl methyl sites for hydroxylation is 1. The van der Waals surface area contributed by atoms with Crippen molar-refractivity contribution in [2.24, 2.45) is 7.05 Å². The molecule has 102 valence electrons. The summed E-state index contributed by atoms with van der Waals surface area (Å²) in [4.78, 5) is 4.29. The van der Waals surface area contributed by atoms with Crippen LogP contribution in [0.1, 0.15) is 24.2 Å². The Balaban J connectivity index is 1.94. The summed E-state index contributed by atoms with van der Waals surface area (Å²) in [6, 6.07) is 4.23. The zero-order valence-electron chi connectivity index (χ0n) is 10.5. The lowest BCUT2D eigenvalue weighted by Crippen LogP contribution is -2.18. The lowest BCUT2D eigenvalue weighted by molar-refractivity contribution is -0.137. The van der Waals surface area contributed by atoms with E-state index in [-0.39, 0.29) is 0 Å². The van der Waals surface area contributed by atoms with Crippen LogP contribution in [0.4, 0.5) is 13.2 Å². The van der Waals surface area contributed by atoms with Crippen molar-refractivity contribution in [3.05, 3.63) is 29.6 Å². The average Bonchev–Trinajstić information content (AvgIpc) is 3.11. The molecule has 19 heavy (non-hydrogen) atoms. The van der Waals surface area contributed by atoms with Crippen molar-refractivity contribution in [3.8, 4) is 0 Å². The number of imidazole rings is 1. The summed E-state index contributed by atoms with van der Waals surface area (Å²) in [7, 11) is 1.83. The van der Waals surface area contributed by atoms with Crippen molar-refractivity contribution in [1.29, 1.82) is 0 Å². The van der Waals surface area contributed by atoms with Crippen molar-refractivity contribution in [3.63, 3.8) is 0 Å². The Morgan fingerprint density at radius 1 is 1.37 bits per heavy atom. The van der Waals surface area contributed by atoms with Gasteiger partial charge in [-0.05, 0) is 31.0 Å². The summed E-state index contributed by atoms with van der Waals surface area (Å²) in [5.41, 5.74) is 0.463. The van der Waals surface area contributed by atoms with Gasteiger partial charge >= 0.3 is 6.18 Å². The fourth-order valence-electron chi connectivity index (χ4n) is 2.11. The number of benzene rings is 1. The van der Waals surface area contributed by atoms with Crippen LogP contribution in [0, 0.1) is 0 Å². The van der Waals surface area contributed by atoms with Gasteiger partial charge in [-0.15, -0.1) is 0 Å². The van der Waals surface area contributed by atoms with Crippen LogP contribution in [0.5, 0.6) is 0 Å². The highest BCUT2D eigenvalue weighted by Crippen LogP contribution is 2.31. The number of nitrogens with one attached hydrogen (secondary N) is 1. The number of nitrogens with zero attached hydrogens (tertiary/aromatic N) is 2. The maximum absolute atomic E-state index is 12.6. The lowest BCUT2D eigenvalue weighted by Gasteiger charge is -2.06. The SMILES string of the molecule is Cn1c(CNC2CC2)nc2cc(C(F)(F)F)ccc21. The number of hydrogen-bond donors (Lipinski definition) is 1. The van der Waals surface area contributed by atoms with Gasteiger partial charge in [0.1, 0.15) is 5.82 Å². The largest absolute Gasteiger partial charge is 0.416 e. The molecule has 1 aliphatic rings. The summed E-state index contributed by atoms with van der Waals surface area (Å²) in [6.45, 7) is 0.594. The van der Waals surface area contributed by atoms with Crippen LogP contribution in [0.2, 0.25) is 0 Å². The molecular weight excluding hydrogens is 255 g/mol. The van der Waals surface area contributed by atoms with Crippen LogP contribution in [-0.2, 0) is 19.8 Å². The van der Waals surface area contributed by atoms with E-state index in [9.17, 15) is 13.2 Å². The van der Waals surface area contributed by atoms with Gasteiger partial charge in [0, 0.05) is 13.1 Å². The molecule has 0 spiro atoms. The molecule has 0 aliphatic heterocycles. The van der Waals surface area contributed by atoms with Gasteiger partial charge in [-0.3, -0.25) is 0 Å². The van der Waals surface area contributed by atoms with Crippen LogP contribution in [0.15, 0.2) is 18.2 Å². The summed E-state index contributed by atoms with van der Waals surface area (Å²) in [6.07, 6.45) is -1.98. The third kappa shape index (κ3) is 2.45. The van der Waals surface area contributed by atoms with E-state index >= 15 is 0 Å². The van der Waals surface area contributed by atoms with Crippen LogP contribution < -0.4 is 5.32 Å². The lowest BCUT2D eigenvalue weighted by atomic mass is 10.2. The minimum absolute atomic E-state index is 0.393. The Morgan fingerprint density at radius 3 is 2.74 bits per heavy atom. The molecule has 2 aromatic rings. The summed E-state index contributed by atoms with van der Waals surface area (Å²) in [5.74, 6) is 0.765. The Bertz CT molecular complexity index is 611. The van der Waals surface area contributed by atoms with Crippen LogP contribution in [0.25, 0.3) is 11.0 Å². The van der Waals surface area contributed by atoms with Crippen molar-refractivity contribution in [1.82, 2.24) is 14.9 Å². The van der Waals surface area contributed by atoms with Gasteiger partial charge in [0.2, 0.25) is 0 Å². The number of rotatable bonds is 3. The fourth-order valence-corrected chi connectivity index (χ4v) is 2.11. The van der Waals surface area contributed by atoms with Crippen LogP contribution >= 0.6 is 0 Å². The van der Waals surface area contributed by atoms with Gasteiger partial charge in [0.05, 0.1) is 23.1 Å². The van der Waals surface area contributed by atoms with E-state index in [0.29, 0.717) is 18.1 Å². The van der Waals surface area contributed by atoms with Gasteiger partial charge in [0.25, 0.3) is 0 Å². The van der Waals surface area contributed by atoms with E-state index < -0.39 is 11.7 Å². The monoisotopic (exact) mass is 269 g/mol. The molecule has 3 nitrogen and oxygen atoms in total. The average molecular weight is 269 g/mol. The third-order valence-corrected chi connectivity index (χ3v) is 3.43. The Hall–Kier alpha value is -1.56. The minimum Gasteiger partial charge on any atom is -0.330 e. The topological polar surface area (TPSA) is 29.9 Å². The van der Waals surface area contributed by atoms with E-state index in [1.807, 2.05) is 11.6 Å². The Labute approximate surface area is 108 Å². The van der Waals surface area contributed by atoms with Gasteiger partial charge in [0.15, 0.2) is 0 Å². The van der Waals surface area contributed by atoms with E-state index in [2.05, 4.69) is 10.3 Å². The predicted molar refractivity (Wildman–Crippen MR) is 65.6 cm³/mol. The summed E-state index contributed by atoms with van der Waals surface area (Å²) < 4.78 is 39.8. The molecule has 1 aromatic heterocycles. The highest BCUT2D eigenvalue weighted by Gasteiger charge is 2.31. The molecule has 1 aliphatic carbocycles. The molecule has 0 saturated heterocycles. The van der Waals surface area contributed by atoms with Gasteiger partial charge in [-0.2, -0.15) is 13.2 Å². The van der Waals surface area contributed by atoms with Gasteiger partial charge < -0.3 is 9.88 Å². The highest BCUT2D eigenvalue weighted by atomic mass is 19.4. The first-order valence-electron chi connectivity index (χ1n) is 6.21. The maximum Gasteiger partial charge on any atom is 0.416 e. The molecule has 1 N–H and O–H groups in total. The second-order valence-corrected chi connectivity index (χ2v) is 4.94. The van der Waals surface area contributed by atoms with Crippen molar-refractivity contribution >= 4 is 11.0 Å². The smallest absolute Gasteiger partial charge is 0.330 e. The quantitative estimate of drug-likeness (QED) is 0.928. The van der Waals surface area contributed by atoms with Crippen molar-refractivity contribution < 1.29 is 13.2 Å². The predicted octanol–water partition coefficient (Wildman–Crippen LogP) is 2.84. The second-order valence-electron chi connectivity index (χ2n) is 4.94. The van der Waals surface area contributed by atoms with Gasteiger partial charge in [-0.25, -0.2) is 4.98 Å². The maximum atomic E-state index is 12.6. The van der Waals surface area contributed by atoms with E-state index in [4.69, 9.17) is 0 Å². The second kappa shape index (κ2) is 4.23. The number of halogens is 3. The Morgan fingerprint density at radius 2 is 2.11 bits per heavy atom. The molecule has 0 amide bonds. The molecule has 6 heteroatoms. The van der Waals surface area contributed by atoms with Crippen LogP contribution in [0.3, 0.4) is 0 Å². The van der Waals surface area contributed by atoms with E-state index in [1.54, 1.807) is 0 Å². The van der Waals surface area contributed by atoms with E-state index in [1.165, 1.54) is 18.9 Å². The normalized spacial score (nSPS) is 16.2. The first-order valence-corrected chi connectivity index (χ1v) is 6.21. The fraction of sp³-hybridized carbons (Fsp3) is 0.462. The number of alkyl halides is 3. The molecule has 1 fully saturated rings. The molecule has 1 aromatic carbocycles. The molecule has 1 heterocycles. The third-order valence-electron chi connectivity index (χ3n) is 3.43. The first-order chi connectivity index (χ1) is 8.95. The molecular formula is C13H14F3N3. The molecule has 3 rings (SSSR count). The molecule has 0 atom stereocenters. The molecule has 1 saturated carbocycles.